The molecule has 1 aromatic rings. The van der Waals surface area contributed by atoms with Crippen LogP contribution in [0.2, 0.25) is 0 Å². The molecule has 0 N–H and O–H groups in total. The number of amides is 1. The van der Waals surface area contributed by atoms with Gasteiger partial charge in [-0.25, -0.2) is 8.78 Å². The van der Waals surface area contributed by atoms with Gasteiger partial charge >= 0.3 is 0 Å². The van der Waals surface area contributed by atoms with Crippen molar-refractivity contribution in [1.82, 2.24) is 4.90 Å². The highest BCUT2D eigenvalue weighted by Gasteiger charge is 2.56. The fourth-order valence-corrected chi connectivity index (χ4v) is 5.75. The molecule has 1 aliphatic heterocycles. The summed E-state index contributed by atoms with van der Waals surface area (Å²) in [5.41, 5.74) is -0.589. The highest BCUT2D eigenvalue weighted by atomic mass is 19.1. The highest BCUT2D eigenvalue weighted by molar-refractivity contribution is 5.85. The number of fused-ring (bicyclic) bond motifs is 1. The number of carbonyl (C=O) groups excluding carboxylic acids is 1. The zero-order valence-corrected chi connectivity index (χ0v) is 18.2. The van der Waals surface area contributed by atoms with Crippen LogP contribution in [0.4, 0.5) is 8.78 Å². The molecular formula is C24H31F2N3O. The highest BCUT2D eigenvalue weighted by Crippen LogP contribution is 2.55. The Morgan fingerprint density at radius 3 is 2.50 bits per heavy atom. The van der Waals surface area contributed by atoms with Crippen molar-refractivity contribution in [3.8, 4) is 0 Å². The molecule has 6 heteroatoms. The molecular weight excluding hydrogens is 384 g/mol. The lowest BCUT2D eigenvalue weighted by molar-refractivity contribution is -0.142. The number of hydrogen-bond acceptors (Lipinski definition) is 3. The lowest BCUT2D eigenvalue weighted by Gasteiger charge is -2.36. The molecule has 0 radical (unpaired) electrons. The Labute approximate surface area is 177 Å². The molecule has 1 aromatic carbocycles. The second-order valence-corrected chi connectivity index (χ2v) is 9.69. The van der Waals surface area contributed by atoms with Crippen LogP contribution >= 0.6 is 0 Å². The lowest BCUT2D eigenvalue weighted by atomic mass is 9.72. The third kappa shape index (κ3) is 3.48. The van der Waals surface area contributed by atoms with Gasteiger partial charge in [0.1, 0.15) is 11.6 Å². The standard InChI is InChI=1S/C24H31F2N3O/c1-14(2)16-8-10-24(3,23(30)29-11-9-15-12-21(15)29)17(16)13-20(28-27-4)22-18(25)6-5-7-19(22)26/h5-7,13-17,21H,8-12H2,1-4H3/b20-13-,28-27?/t15?,16-,17?,21?,24-/m0/s1. The van der Waals surface area contributed by atoms with E-state index in [-0.39, 0.29) is 29.0 Å². The van der Waals surface area contributed by atoms with Gasteiger partial charge in [-0.15, -0.1) is 0 Å². The molecule has 3 aliphatic rings. The van der Waals surface area contributed by atoms with Gasteiger partial charge in [0.05, 0.1) is 16.7 Å². The van der Waals surface area contributed by atoms with Crippen molar-refractivity contribution in [2.24, 2.45) is 39.3 Å². The average molecular weight is 416 g/mol. The van der Waals surface area contributed by atoms with Gasteiger partial charge in [-0.1, -0.05) is 32.9 Å². The van der Waals surface area contributed by atoms with Crippen LogP contribution in [0.3, 0.4) is 0 Å². The summed E-state index contributed by atoms with van der Waals surface area (Å²) in [7, 11) is 1.49. The Morgan fingerprint density at radius 1 is 1.27 bits per heavy atom. The molecule has 4 nitrogen and oxygen atoms in total. The Kier molecular flexibility index (Phi) is 5.54. The summed E-state index contributed by atoms with van der Waals surface area (Å²) >= 11 is 0. The van der Waals surface area contributed by atoms with Crippen molar-refractivity contribution in [2.45, 2.75) is 52.5 Å². The number of nitrogens with zero attached hydrogens (tertiary/aromatic N) is 3. The van der Waals surface area contributed by atoms with Gasteiger partial charge in [-0.3, -0.25) is 4.79 Å². The predicted molar refractivity (Wildman–Crippen MR) is 112 cm³/mol. The van der Waals surface area contributed by atoms with Gasteiger partial charge in [-0.2, -0.15) is 10.2 Å². The van der Waals surface area contributed by atoms with E-state index in [0.29, 0.717) is 17.9 Å². The number of benzene rings is 1. The SMILES string of the molecule is CN=N/C(=C\C1[C@H](C(C)C)CC[C@]1(C)C(=O)N1CCC2CC21)c1c(F)cccc1F. The topological polar surface area (TPSA) is 45.0 Å². The number of azo groups is 1. The maximum atomic E-state index is 14.5. The number of allylic oxidation sites excluding steroid dienone is 1. The fourth-order valence-electron chi connectivity index (χ4n) is 5.75. The van der Waals surface area contributed by atoms with Crippen LogP contribution in [0.15, 0.2) is 34.5 Å². The summed E-state index contributed by atoms with van der Waals surface area (Å²) < 4.78 is 29.1. The minimum Gasteiger partial charge on any atom is -0.339 e. The van der Waals surface area contributed by atoms with E-state index < -0.39 is 17.0 Å². The van der Waals surface area contributed by atoms with Crippen molar-refractivity contribution in [3.63, 3.8) is 0 Å². The van der Waals surface area contributed by atoms with Crippen LogP contribution in [0.1, 0.15) is 52.0 Å². The molecule has 2 saturated carbocycles. The van der Waals surface area contributed by atoms with Crippen molar-refractivity contribution in [3.05, 3.63) is 41.5 Å². The number of rotatable bonds is 5. The van der Waals surface area contributed by atoms with Gasteiger partial charge < -0.3 is 4.90 Å². The van der Waals surface area contributed by atoms with E-state index in [1.807, 2.05) is 13.0 Å². The van der Waals surface area contributed by atoms with Crippen LogP contribution < -0.4 is 0 Å². The summed E-state index contributed by atoms with van der Waals surface area (Å²) in [6.07, 6.45) is 5.73. The molecule has 1 amide bonds. The third-order valence-corrected chi connectivity index (χ3v) is 7.59. The van der Waals surface area contributed by atoms with E-state index >= 15 is 0 Å². The molecule has 3 unspecified atom stereocenters. The van der Waals surface area contributed by atoms with Crippen molar-refractivity contribution >= 4 is 11.6 Å². The zero-order valence-electron chi connectivity index (χ0n) is 18.2. The van der Waals surface area contributed by atoms with E-state index in [0.717, 1.165) is 32.2 Å². The predicted octanol–water partition coefficient (Wildman–Crippen LogP) is 5.70. The Bertz CT molecular complexity index is 876. The minimum atomic E-state index is -0.666. The first-order valence-corrected chi connectivity index (χ1v) is 11.0. The summed E-state index contributed by atoms with van der Waals surface area (Å²) in [5, 5.41) is 7.92. The summed E-state index contributed by atoms with van der Waals surface area (Å²) in [5.74, 6) is -0.0269. The first-order chi connectivity index (χ1) is 14.3. The van der Waals surface area contributed by atoms with E-state index in [1.54, 1.807) is 0 Å². The van der Waals surface area contributed by atoms with E-state index in [1.165, 1.54) is 25.2 Å². The second kappa shape index (κ2) is 7.86. The van der Waals surface area contributed by atoms with Crippen molar-refractivity contribution < 1.29 is 13.6 Å². The number of halogens is 2. The molecule has 2 aliphatic carbocycles. The lowest BCUT2D eigenvalue weighted by Crippen LogP contribution is -2.45. The van der Waals surface area contributed by atoms with Crippen LogP contribution in [-0.4, -0.2) is 30.4 Å². The molecule has 0 bridgehead atoms. The summed E-state index contributed by atoms with van der Waals surface area (Å²) in [6.45, 7) is 7.17. The van der Waals surface area contributed by atoms with Gasteiger partial charge in [0, 0.05) is 19.6 Å². The fraction of sp³-hybridized carbons (Fsp3) is 0.625. The van der Waals surface area contributed by atoms with Crippen molar-refractivity contribution in [1.29, 1.82) is 0 Å². The van der Waals surface area contributed by atoms with Crippen molar-refractivity contribution in [2.75, 3.05) is 13.6 Å². The van der Waals surface area contributed by atoms with Crippen LogP contribution in [0, 0.1) is 40.7 Å². The van der Waals surface area contributed by atoms with Gasteiger partial charge in [0.2, 0.25) is 5.91 Å². The van der Waals surface area contributed by atoms with E-state index in [9.17, 15) is 13.6 Å². The van der Waals surface area contributed by atoms with Gasteiger partial charge in [0.15, 0.2) is 0 Å². The zero-order chi connectivity index (χ0) is 21.6. The third-order valence-electron chi connectivity index (χ3n) is 7.59. The number of likely N-dealkylation sites (tertiary alicyclic amines) is 1. The van der Waals surface area contributed by atoms with Gasteiger partial charge in [-0.05, 0) is 61.5 Å². The maximum Gasteiger partial charge on any atom is 0.229 e. The number of hydrogen-bond donors (Lipinski definition) is 0. The monoisotopic (exact) mass is 415 g/mol. The Hall–Kier alpha value is -2.11. The second-order valence-electron chi connectivity index (χ2n) is 9.69. The van der Waals surface area contributed by atoms with Crippen LogP contribution in [-0.2, 0) is 4.79 Å². The quantitative estimate of drug-likeness (QED) is 0.569. The molecule has 30 heavy (non-hydrogen) atoms. The molecule has 3 fully saturated rings. The summed E-state index contributed by atoms with van der Waals surface area (Å²) in [6, 6.07) is 4.20. The Morgan fingerprint density at radius 2 is 1.97 bits per heavy atom. The molecule has 4 rings (SSSR count). The molecule has 5 atom stereocenters. The molecule has 1 saturated heterocycles. The molecule has 1 heterocycles. The van der Waals surface area contributed by atoms with Gasteiger partial charge in [0.25, 0.3) is 0 Å². The first kappa shape index (κ1) is 21.1. The molecule has 0 spiro atoms. The average Bonchev–Trinajstić information content (AvgIpc) is 3.22. The normalized spacial score (nSPS) is 33.6. The van der Waals surface area contributed by atoms with E-state index in [4.69, 9.17) is 0 Å². The van der Waals surface area contributed by atoms with Crippen LogP contribution in [0.25, 0.3) is 5.70 Å². The molecule has 0 aromatic heterocycles. The van der Waals surface area contributed by atoms with Crippen LogP contribution in [0.5, 0.6) is 0 Å². The number of piperidine rings is 1. The minimum absolute atomic E-state index is 0.151. The van der Waals surface area contributed by atoms with E-state index in [2.05, 4.69) is 29.0 Å². The summed E-state index contributed by atoms with van der Waals surface area (Å²) in [4.78, 5) is 15.8. The smallest absolute Gasteiger partial charge is 0.229 e. The maximum absolute atomic E-state index is 14.5. The number of carbonyl (C=O) groups is 1. The Balaban J connectivity index is 1.77. The molecule has 162 valence electrons. The largest absolute Gasteiger partial charge is 0.339 e. The first-order valence-electron chi connectivity index (χ1n) is 11.0.